The molecule has 110 valence electrons. The SMILES string of the molecule is CCOC(=O)NNC(=O)c1cc(-c2ccc(C)cc2)no1. The molecule has 0 atom stereocenters. The molecular formula is C14H15N3O4. The van der Waals surface area contributed by atoms with Crippen LogP contribution < -0.4 is 10.9 Å². The molecule has 0 aliphatic heterocycles. The van der Waals surface area contributed by atoms with Gasteiger partial charge in [0.25, 0.3) is 0 Å². The number of benzene rings is 1. The fourth-order valence-corrected chi connectivity index (χ4v) is 1.58. The average molecular weight is 289 g/mol. The highest BCUT2D eigenvalue weighted by atomic mass is 16.6. The summed E-state index contributed by atoms with van der Waals surface area (Å²) < 4.78 is 9.55. The van der Waals surface area contributed by atoms with Crippen LogP contribution in [0, 0.1) is 6.92 Å². The highest BCUT2D eigenvalue weighted by molar-refractivity contribution is 5.93. The van der Waals surface area contributed by atoms with Crippen molar-refractivity contribution in [1.29, 1.82) is 0 Å². The smallest absolute Gasteiger partial charge is 0.426 e. The Kier molecular flexibility index (Phi) is 4.55. The van der Waals surface area contributed by atoms with E-state index in [4.69, 9.17) is 4.52 Å². The van der Waals surface area contributed by atoms with E-state index in [1.54, 1.807) is 6.92 Å². The number of carbonyl (C=O) groups excluding carboxylic acids is 2. The van der Waals surface area contributed by atoms with Crippen LogP contribution in [0.15, 0.2) is 34.9 Å². The van der Waals surface area contributed by atoms with Crippen molar-refractivity contribution < 1.29 is 18.8 Å². The van der Waals surface area contributed by atoms with Crippen molar-refractivity contribution in [2.45, 2.75) is 13.8 Å². The Bertz CT molecular complexity index is 634. The predicted octanol–water partition coefficient (Wildman–Crippen LogP) is 2.04. The maximum absolute atomic E-state index is 11.7. The van der Waals surface area contributed by atoms with E-state index in [1.807, 2.05) is 31.2 Å². The third kappa shape index (κ3) is 3.82. The minimum atomic E-state index is -0.746. The number of nitrogens with one attached hydrogen (secondary N) is 2. The van der Waals surface area contributed by atoms with Gasteiger partial charge >= 0.3 is 12.0 Å². The zero-order chi connectivity index (χ0) is 15.2. The molecule has 2 rings (SSSR count). The first-order chi connectivity index (χ1) is 10.1. The van der Waals surface area contributed by atoms with Crippen LogP contribution in [0.2, 0.25) is 0 Å². The van der Waals surface area contributed by atoms with E-state index in [0.29, 0.717) is 5.69 Å². The van der Waals surface area contributed by atoms with E-state index >= 15 is 0 Å². The quantitative estimate of drug-likeness (QED) is 0.843. The Morgan fingerprint density at radius 3 is 2.62 bits per heavy atom. The molecule has 0 saturated heterocycles. The molecule has 1 aromatic carbocycles. The van der Waals surface area contributed by atoms with Crippen LogP contribution in [0.25, 0.3) is 11.3 Å². The second-order valence-corrected chi connectivity index (χ2v) is 4.24. The summed E-state index contributed by atoms with van der Waals surface area (Å²) in [6, 6.07) is 9.13. The molecular weight excluding hydrogens is 274 g/mol. The van der Waals surface area contributed by atoms with Crippen molar-refractivity contribution >= 4 is 12.0 Å². The van der Waals surface area contributed by atoms with Crippen LogP contribution in [0.5, 0.6) is 0 Å². The second-order valence-electron chi connectivity index (χ2n) is 4.24. The van der Waals surface area contributed by atoms with Crippen molar-refractivity contribution in [3.05, 3.63) is 41.7 Å². The number of nitrogens with zero attached hydrogens (tertiary/aromatic N) is 1. The molecule has 7 nitrogen and oxygen atoms in total. The predicted molar refractivity (Wildman–Crippen MR) is 74.3 cm³/mol. The van der Waals surface area contributed by atoms with Gasteiger partial charge in [0.15, 0.2) is 0 Å². The molecule has 0 bridgehead atoms. The third-order valence-corrected chi connectivity index (χ3v) is 2.63. The van der Waals surface area contributed by atoms with Crippen LogP contribution in [-0.2, 0) is 4.74 Å². The lowest BCUT2D eigenvalue weighted by Crippen LogP contribution is -2.41. The first-order valence-corrected chi connectivity index (χ1v) is 6.37. The van der Waals surface area contributed by atoms with Crippen molar-refractivity contribution in [1.82, 2.24) is 16.0 Å². The number of amides is 2. The van der Waals surface area contributed by atoms with Crippen molar-refractivity contribution in [3.8, 4) is 11.3 Å². The van der Waals surface area contributed by atoms with E-state index < -0.39 is 12.0 Å². The number of hydrazine groups is 1. The van der Waals surface area contributed by atoms with Crippen LogP contribution >= 0.6 is 0 Å². The molecule has 1 aromatic heterocycles. The molecule has 2 amide bonds. The zero-order valence-electron chi connectivity index (χ0n) is 11.7. The normalized spacial score (nSPS) is 10.0. The summed E-state index contributed by atoms with van der Waals surface area (Å²) in [5, 5.41) is 3.82. The monoisotopic (exact) mass is 289 g/mol. The Morgan fingerprint density at radius 1 is 1.24 bits per heavy atom. The minimum Gasteiger partial charge on any atom is -0.449 e. The van der Waals surface area contributed by atoms with Gasteiger partial charge in [0.05, 0.1) is 6.61 Å². The standard InChI is InChI=1S/C14H15N3O4/c1-3-20-14(19)16-15-13(18)12-8-11(17-21-12)10-6-4-9(2)5-7-10/h4-8H,3H2,1-2H3,(H,15,18)(H,16,19). The summed E-state index contributed by atoms with van der Waals surface area (Å²) in [5.41, 5.74) is 6.75. The van der Waals surface area contributed by atoms with Gasteiger partial charge in [0.1, 0.15) is 5.69 Å². The van der Waals surface area contributed by atoms with E-state index in [0.717, 1.165) is 11.1 Å². The highest BCUT2D eigenvalue weighted by Crippen LogP contribution is 2.19. The van der Waals surface area contributed by atoms with Crippen LogP contribution in [0.3, 0.4) is 0 Å². The average Bonchev–Trinajstić information content (AvgIpc) is 2.96. The van der Waals surface area contributed by atoms with Crippen molar-refractivity contribution in [3.63, 3.8) is 0 Å². The van der Waals surface area contributed by atoms with Gasteiger partial charge < -0.3 is 9.26 Å². The summed E-state index contributed by atoms with van der Waals surface area (Å²) in [4.78, 5) is 22.8. The van der Waals surface area contributed by atoms with Crippen LogP contribution in [0.1, 0.15) is 23.0 Å². The number of hydrogen-bond donors (Lipinski definition) is 2. The molecule has 1 heterocycles. The molecule has 0 aliphatic rings. The minimum absolute atomic E-state index is 0.0117. The topological polar surface area (TPSA) is 93.5 Å². The van der Waals surface area contributed by atoms with Crippen molar-refractivity contribution in [2.24, 2.45) is 0 Å². The number of carbonyl (C=O) groups is 2. The van der Waals surface area contributed by atoms with E-state index in [1.165, 1.54) is 6.07 Å². The fourth-order valence-electron chi connectivity index (χ4n) is 1.58. The summed E-state index contributed by atoms with van der Waals surface area (Å²) >= 11 is 0. The molecule has 2 aromatic rings. The Labute approximate surface area is 121 Å². The Hall–Kier alpha value is -2.83. The number of ether oxygens (including phenoxy) is 1. The number of aromatic nitrogens is 1. The lowest BCUT2D eigenvalue weighted by atomic mass is 10.1. The molecule has 0 aliphatic carbocycles. The van der Waals surface area contributed by atoms with E-state index in [-0.39, 0.29) is 12.4 Å². The van der Waals surface area contributed by atoms with Gasteiger partial charge in [-0.05, 0) is 13.8 Å². The zero-order valence-corrected chi connectivity index (χ0v) is 11.7. The Morgan fingerprint density at radius 2 is 1.95 bits per heavy atom. The first kappa shape index (κ1) is 14.6. The van der Waals surface area contributed by atoms with Gasteiger partial charge in [0.2, 0.25) is 5.76 Å². The number of aryl methyl sites for hydroxylation is 1. The lowest BCUT2D eigenvalue weighted by Gasteiger charge is -2.04. The summed E-state index contributed by atoms with van der Waals surface area (Å²) in [6.07, 6.45) is -0.746. The second kappa shape index (κ2) is 6.56. The van der Waals surface area contributed by atoms with Crippen molar-refractivity contribution in [2.75, 3.05) is 6.61 Å². The number of hydrogen-bond acceptors (Lipinski definition) is 5. The van der Waals surface area contributed by atoms with E-state index in [9.17, 15) is 9.59 Å². The molecule has 0 fully saturated rings. The number of rotatable bonds is 3. The highest BCUT2D eigenvalue weighted by Gasteiger charge is 2.14. The van der Waals surface area contributed by atoms with Crippen LogP contribution in [-0.4, -0.2) is 23.8 Å². The molecule has 0 spiro atoms. The summed E-state index contributed by atoms with van der Waals surface area (Å²) in [6.45, 7) is 3.85. The molecule has 0 radical (unpaired) electrons. The lowest BCUT2D eigenvalue weighted by molar-refractivity contribution is 0.0877. The molecule has 7 heteroatoms. The van der Waals surface area contributed by atoms with Gasteiger partial charge in [-0.2, -0.15) is 0 Å². The summed E-state index contributed by atoms with van der Waals surface area (Å²) in [7, 11) is 0. The molecule has 0 unspecified atom stereocenters. The maximum Gasteiger partial charge on any atom is 0.426 e. The molecule has 0 saturated carbocycles. The summed E-state index contributed by atoms with van der Waals surface area (Å²) in [5.74, 6) is -0.628. The largest absolute Gasteiger partial charge is 0.449 e. The fraction of sp³-hybridized carbons (Fsp3) is 0.214. The van der Waals surface area contributed by atoms with E-state index in [2.05, 4.69) is 20.7 Å². The Balaban J connectivity index is 2.00. The molecule has 2 N–H and O–H groups in total. The van der Waals surface area contributed by atoms with Gasteiger partial charge in [-0.25, -0.2) is 10.2 Å². The maximum atomic E-state index is 11.7. The first-order valence-electron chi connectivity index (χ1n) is 6.37. The van der Waals surface area contributed by atoms with Gasteiger partial charge in [-0.15, -0.1) is 0 Å². The molecule has 21 heavy (non-hydrogen) atoms. The van der Waals surface area contributed by atoms with Gasteiger partial charge in [-0.3, -0.25) is 10.2 Å². The van der Waals surface area contributed by atoms with Gasteiger partial charge in [0, 0.05) is 11.6 Å². The van der Waals surface area contributed by atoms with Gasteiger partial charge in [-0.1, -0.05) is 35.0 Å². The van der Waals surface area contributed by atoms with Crippen LogP contribution in [0.4, 0.5) is 4.79 Å². The third-order valence-electron chi connectivity index (χ3n) is 2.63.